The van der Waals surface area contributed by atoms with Crippen molar-refractivity contribution in [2.24, 2.45) is 5.41 Å². The molecule has 0 bridgehead atoms. The molecule has 10 heteroatoms. The highest BCUT2D eigenvalue weighted by Crippen LogP contribution is 2.48. The van der Waals surface area contributed by atoms with E-state index in [-0.39, 0.29) is 12.1 Å². The zero-order valence-corrected chi connectivity index (χ0v) is 17.9. The van der Waals surface area contributed by atoms with E-state index in [1.807, 2.05) is 4.90 Å². The summed E-state index contributed by atoms with van der Waals surface area (Å²) in [6.07, 6.45) is 2.29. The summed E-state index contributed by atoms with van der Waals surface area (Å²) in [5, 5.41) is 13.8. The molecule has 2 saturated heterocycles. The monoisotopic (exact) mass is 450 g/mol. The minimum Gasteiger partial charge on any atom is -0.497 e. The summed E-state index contributed by atoms with van der Waals surface area (Å²) in [7, 11) is 1.51. The first-order valence-corrected chi connectivity index (χ1v) is 10.7. The molecule has 5 rings (SSSR count). The summed E-state index contributed by atoms with van der Waals surface area (Å²) in [6, 6.07) is 9.72. The molecule has 2 atom stereocenters. The molecule has 0 aromatic heterocycles. The van der Waals surface area contributed by atoms with Gasteiger partial charge in [-0.2, -0.15) is 0 Å². The quantitative estimate of drug-likeness (QED) is 0.433. The second-order valence-electron chi connectivity index (χ2n) is 8.52. The fraction of sp³-hybridized carbons (Fsp3) is 0.348. The number of methoxy groups -OCH3 is 1. The molecule has 2 fully saturated rings. The molecule has 1 N–H and O–H groups in total. The summed E-state index contributed by atoms with van der Waals surface area (Å²) >= 11 is 0. The van der Waals surface area contributed by atoms with Gasteiger partial charge in [0.25, 0.3) is 11.6 Å². The van der Waals surface area contributed by atoms with Gasteiger partial charge < -0.3 is 9.64 Å². The number of hydrogen-bond acceptors (Lipinski definition) is 7. The molecular formula is C23H22N4O6. The van der Waals surface area contributed by atoms with E-state index in [9.17, 15) is 24.5 Å². The Labute approximate surface area is 189 Å². The largest absolute Gasteiger partial charge is 0.497 e. The van der Waals surface area contributed by atoms with Crippen LogP contribution in [0.2, 0.25) is 0 Å². The average Bonchev–Trinajstić information content (AvgIpc) is 2.82. The summed E-state index contributed by atoms with van der Waals surface area (Å²) in [5.74, 6) is -0.710. The number of carbonyl (C=O) groups excluding carboxylic acids is 3. The van der Waals surface area contributed by atoms with Crippen LogP contribution in [0.5, 0.6) is 5.75 Å². The molecule has 0 unspecified atom stereocenters. The molecule has 4 amide bonds. The van der Waals surface area contributed by atoms with Gasteiger partial charge in [-0.1, -0.05) is 0 Å². The summed E-state index contributed by atoms with van der Waals surface area (Å²) < 4.78 is 5.16. The van der Waals surface area contributed by atoms with Crippen molar-refractivity contribution >= 4 is 34.9 Å². The second kappa shape index (κ2) is 7.58. The van der Waals surface area contributed by atoms with Crippen molar-refractivity contribution in [1.29, 1.82) is 0 Å². The molecule has 0 radical (unpaired) electrons. The summed E-state index contributed by atoms with van der Waals surface area (Å²) in [5.41, 5.74) is -0.0148. The van der Waals surface area contributed by atoms with E-state index in [4.69, 9.17) is 4.74 Å². The van der Waals surface area contributed by atoms with Crippen LogP contribution in [0, 0.1) is 15.5 Å². The van der Waals surface area contributed by atoms with Gasteiger partial charge in [-0.15, -0.1) is 0 Å². The number of carbonyl (C=O) groups is 3. The maximum Gasteiger partial charge on any atom is 0.335 e. The zero-order valence-electron chi connectivity index (χ0n) is 17.9. The standard InChI is InChI=1S/C23H22N4O6/c1-33-17-8-5-15(6-9-17)26-21(29)23(20(28)24-22(26)30)13-14-12-16(27(31)32)7-10-18(14)25-11-3-2-4-19(23)25/h5-10,12,19H,2-4,11,13H2,1H3,(H,24,28,30)/t19-,23-/m0/s1. The van der Waals surface area contributed by atoms with Crippen LogP contribution in [0.4, 0.5) is 21.9 Å². The van der Waals surface area contributed by atoms with Crippen LogP contribution < -0.4 is 19.9 Å². The van der Waals surface area contributed by atoms with Gasteiger partial charge in [-0.3, -0.25) is 25.0 Å². The number of nitrogens with zero attached hydrogens (tertiary/aromatic N) is 3. The number of urea groups is 1. The number of fused-ring (bicyclic) bond motifs is 4. The number of imide groups is 2. The number of nitro benzene ring substituents is 1. The lowest BCUT2D eigenvalue weighted by Gasteiger charge is -2.53. The van der Waals surface area contributed by atoms with E-state index in [1.165, 1.54) is 19.2 Å². The van der Waals surface area contributed by atoms with E-state index in [2.05, 4.69) is 5.32 Å². The first kappa shape index (κ1) is 20.9. The minimum absolute atomic E-state index is 0.0181. The van der Waals surface area contributed by atoms with Gasteiger partial charge >= 0.3 is 6.03 Å². The van der Waals surface area contributed by atoms with E-state index in [1.54, 1.807) is 30.3 Å². The fourth-order valence-electron chi connectivity index (χ4n) is 5.33. The number of barbiturate groups is 1. The Kier molecular flexibility index (Phi) is 4.80. The summed E-state index contributed by atoms with van der Waals surface area (Å²) in [4.78, 5) is 54.1. The molecule has 170 valence electrons. The number of piperidine rings is 1. The number of anilines is 2. The van der Waals surface area contributed by atoms with Crippen LogP contribution >= 0.6 is 0 Å². The first-order valence-electron chi connectivity index (χ1n) is 10.7. The Morgan fingerprint density at radius 2 is 1.88 bits per heavy atom. The van der Waals surface area contributed by atoms with E-state index in [0.29, 0.717) is 30.0 Å². The van der Waals surface area contributed by atoms with Crippen molar-refractivity contribution in [2.45, 2.75) is 31.7 Å². The number of nitrogens with one attached hydrogen (secondary N) is 1. The third-order valence-electron chi connectivity index (χ3n) is 6.87. The Morgan fingerprint density at radius 1 is 1.12 bits per heavy atom. The molecule has 3 heterocycles. The maximum absolute atomic E-state index is 14.0. The van der Waals surface area contributed by atoms with Crippen LogP contribution in [-0.4, -0.2) is 42.5 Å². The number of benzene rings is 2. The lowest BCUT2D eigenvalue weighted by Crippen LogP contribution is -2.72. The normalized spacial score (nSPS) is 24.3. The molecule has 2 aromatic carbocycles. The minimum atomic E-state index is -1.57. The maximum atomic E-state index is 14.0. The highest BCUT2D eigenvalue weighted by molar-refractivity contribution is 6.30. The fourth-order valence-corrected chi connectivity index (χ4v) is 5.33. The van der Waals surface area contributed by atoms with Gasteiger partial charge in [0.05, 0.1) is 23.8 Å². The van der Waals surface area contributed by atoms with Crippen LogP contribution in [0.25, 0.3) is 0 Å². The molecule has 2 aromatic rings. The highest BCUT2D eigenvalue weighted by Gasteiger charge is 2.62. The number of amides is 4. The molecular weight excluding hydrogens is 428 g/mol. The van der Waals surface area contributed by atoms with Gasteiger partial charge in [0.2, 0.25) is 5.91 Å². The van der Waals surface area contributed by atoms with E-state index >= 15 is 0 Å². The van der Waals surface area contributed by atoms with Crippen LogP contribution in [0.3, 0.4) is 0 Å². The van der Waals surface area contributed by atoms with Crippen LogP contribution in [0.15, 0.2) is 42.5 Å². The second-order valence-corrected chi connectivity index (χ2v) is 8.52. The van der Waals surface area contributed by atoms with Crippen LogP contribution in [0.1, 0.15) is 24.8 Å². The SMILES string of the molecule is COc1ccc(N2C(=O)NC(=O)[C@@]3(Cc4cc([N+](=O)[O-])ccc4N4CCCC[C@H]43)C2=O)cc1. The van der Waals surface area contributed by atoms with Crippen molar-refractivity contribution in [2.75, 3.05) is 23.5 Å². The highest BCUT2D eigenvalue weighted by atomic mass is 16.6. The Balaban J connectivity index is 1.64. The van der Waals surface area contributed by atoms with Crippen molar-refractivity contribution < 1.29 is 24.0 Å². The van der Waals surface area contributed by atoms with Crippen molar-refractivity contribution in [3.8, 4) is 5.75 Å². The predicted octanol–water partition coefficient (Wildman–Crippen LogP) is 2.79. The lowest BCUT2D eigenvalue weighted by molar-refractivity contribution is -0.384. The molecule has 10 nitrogen and oxygen atoms in total. The Morgan fingerprint density at radius 3 is 2.58 bits per heavy atom. The van der Waals surface area contributed by atoms with Gasteiger partial charge in [-0.25, -0.2) is 9.69 Å². The van der Waals surface area contributed by atoms with Crippen LogP contribution in [-0.2, 0) is 16.0 Å². The first-order chi connectivity index (χ1) is 15.9. The van der Waals surface area contributed by atoms with Gasteiger partial charge in [-0.05, 0) is 55.2 Å². The number of nitro groups is 1. The number of ether oxygens (including phenoxy) is 1. The number of non-ortho nitro benzene ring substituents is 1. The van der Waals surface area contributed by atoms with E-state index < -0.39 is 34.2 Å². The summed E-state index contributed by atoms with van der Waals surface area (Å²) in [6.45, 7) is 0.619. The molecule has 3 aliphatic heterocycles. The average molecular weight is 450 g/mol. The van der Waals surface area contributed by atoms with Gasteiger partial charge in [0.1, 0.15) is 5.75 Å². The van der Waals surface area contributed by atoms with Crippen molar-refractivity contribution in [3.63, 3.8) is 0 Å². The van der Waals surface area contributed by atoms with E-state index in [0.717, 1.165) is 23.4 Å². The third-order valence-corrected chi connectivity index (χ3v) is 6.87. The molecule has 0 saturated carbocycles. The molecule has 1 spiro atoms. The Bertz CT molecular complexity index is 1180. The smallest absolute Gasteiger partial charge is 0.335 e. The lowest BCUT2D eigenvalue weighted by atomic mass is 9.66. The number of rotatable bonds is 3. The molecule has 33 heavy (non-hydrogen) atoms. The van der Waals surface area contributed by atoms with Crippen molar-refractivity contribution in [1.82, 2.24) is 5.32 Å². The molecule has 0 aliphatic carbocycles. The predicted molar refractivity (Wildman–Crippen MR) is 118 cm³/mol. The van der Waals surface area contributed by atoms with Gasteiger partial charge in [0.15, 0.2) is 5.41 Å². The topological polar surface area (TPSA) is 122 Å². The Hall–Kier alpha value is -3.95. The molecule has 3 aliphatic rings. The van der Waals surface area contributed by atoms with Gasteiger partial charge in [0, 0.05) is 30.8 Å². The number of hydrogen-bond donors (Lipinski definition) is 1. The van der Waals surface area contributed by atoms with Crippen molar-refractivity contribution in [3.05, 3.63) is 58.1 Å². The third kappa shape index (κ3) is 3.05. The zero-order chi connectivity index (χ0) is 23.3.